The number of carbonyl (C=O) groups is 2. The summed E-state index contributed by atoms with van der Waals surface area (Å²) in [7, 11) is 1.56. The van der Waals surface area contributed by atoms with E-state index in [0.717, 1.165) is 16.7 Å². The van der Waals surface area contributed by atoms with Crippen LogP contribution in [0.1, 0.15) is 29.0 Å². The second kappa shape index (κ2) is 11.0. The van der Waals surface area contributed by atoms with E-state index < -0.39 is 12.0 Å². The lowest BCUT2D eigenvalue weighted by Gasteiger charge is -2.20. The molecule has 166 valence electrons. The highest BCUT2D eigenvalue weighted by Gasteiger charge is 2.24. The number of nitrogens with one attached hydrogen (secondary N) is 1. The van der Waals surface area contributed by atoms with Crippen LogP contribution in [0, 0.1) is 0 Å². The molecule has 0 bridgehead atoms. The molecule has 0 saturated heterocycles. The number of carboxylic acid groups (broad SMARTS) is 1. The Morgan fingerprint density at radius 2 is 1.62 bits per heavy atom. The fourth-order valence-electron chi connectivity index (χ4n) is 3.48. The zero-order valence-electron chi connectivity index (χ0n) is 17.4. The normalized spacial score (nSPS) is 12.6. The zero-order chi connectivity index (χ0) is 23.1. The Morgan fingerprint density at radius 1 is 0.938 bits per heavy atom. The van der Waals surface area contributed by atoms with Crippen LogP contribution in [-0.4, -0.2) is 30.1 Å². The van der Waals surface area contributed by atoms with Gasteiger partial charge in [-0.15, -0.1) is 0 Å². The molecule has 7 heteroatoms. The van der Waals surface area contributed by atoms with Crippen LogP contribution in [0.5, 0.6) is 5.75 Å². The molecule has 2 atom stereocenters. The van der Waals surface area contributed by atoms with E-state index in [2.05, 4.69) is 5.32 Å². The van der Waals surface area contributed by atoms with E-state index in [4.69, 9.17) is 27.9 Å². The van der Waals surface area contributed by atoms with Gasteiger partial charge in [-0.2, -0.15) is 0 Å². The van der Waals surface area contributed by atoms with E-state index in [1.165, 1.54) is 0 Å². The zero-order valence-corrected chi connectivity index (χ0v) is 18.9. The van der Waals surface area contributed by atoms with Gasteiger partial charge in [0.25, 0.3) is 0 Å². The number of hydrogen-bond acceptors (Lipinski definition) is 3. The largest absolute Gasteiger partial charge is 0.497 e. The highest BCUT2D eigenvalue weighted by molar-refractivity contribution is 6.42. The van der Waals surface area contributed by atoms with Crippen LogP contribution < -0.4 is 10.1 Å². The van der Waals surface area contributed by atoms with Gasteiger partial charge in [0.15, 0.2) is 0 Å². The van der Waals surface area contributed by atoms with Crippen molar-refractivity contribution in [1.29, 1.82) is 0 Å². The third-order valence-electron chi connectivity index (χ3n) is 5.17. The van der Waals surface area contributed by atoms with E-state index in [1.54, 1.807) is 43.5 Å². The lowest BCUT2D eigenvalue weighted by atomic mass is 9.88. The van der Waals surface area contributed by atoms with Gasteiger partial charge in [0.1, 0.15) is 11.8 Å². The maximum Gasteiger partial charge on any atom is 0.326 e. The number of carbonyl (C=O) groups excluding carboxylic acids is 1. The van der Waals surface area contributed by atoms with Crippen LogP contribution in [0.15, 0.2) is 72.8 Å². The molecule has 5 nitrogen and oxygen atoms in total. The van der Waals surface area contributed by atoms with Crippen LogP contribution in [0.3, 0.4) is 0 Å². The van der Waals surface area contributed by atoms with Crippen molar-refractivity contribution in [2.45, 2.75) is 24.8 Å². The molecule has 0 aliphatic rings. The maximum atomic E-state index is 12.9. The van der Waals surface area contributed by atoms with Crippen molar-refractivity contribution < 1.29 is 19.4 Å². The van der Waals surface area contributed by atoms with E-state index in [1.807, 2.05) is 36.4 Å². The summed E-state index contributed by atoms with van der Waals surface area (Å²) in [6, 6.07) is 20.8. The highest BCUT2D eigenvalue weighted by atomic mass is 35.5. The lowest BCUT2D eigenvalue weighted by molar-refractivity contribution is -0.141. The minimum Gasteiger partial charge on any atom is -0.497 e. The van der Waals surface area contributed by atoms with Crippen LogP contribution in [0.2, 0.25) is 10.0 Å². The fourth-order valence-corrected chi connectivity index (χ4v) is 3.79. The first kappa shape index (κ1) is 23.6. The van der Waals surface area contributed by atoms with Gasteiger partial charge in [0, 0.05) is 18.8 Å². The fraction of sp³-hybridized carbons (Fsp3) is 0.200. The van der Waals surface area contributed by atoms with Gasteiger partial charge in [-0.05, 0) is 41.0 Å². The molecule has 0 radical (unpaired) electrons. The van der Waals surface area contributed by atoms with Gasteiger partial charge < -0.3 is 15.2 Å². The van der Waals surface area contributed by atoms with Crippen LogP contribution in [0.25, 0.3) is 0 Å². The van der Waals surface area contributed by atoms with Crippen LogP contribution in [-0.2, 0) is 16.0 Å². The minimum atomic E-state index is -1.10. The number of benzene rings is 3. The molecule has 0 saturated carbocycles. The van der Waals surface area contributed by atoms with E-state index in [9.17, 15) is 14.7 Å². The molecule has 0 aliphatic heterocycles. The van der Waals surface area contributed by atoms with E-state index in [0.29, 0.717) is 15.8 Å². The summed E-state index contributed by atoms with van der Waals surface area (Å²) >= 11 is 12.3. The van der Waals surface area contributed by atoms with Gasteiger partial charge in [-0.25, -0.2) is 4.79 Å². The quantitative estimate of drug-likeness (QED) is 0.441. The molecule has 2 N–H and O–H groups in total. The molecule has 3 rings (SSSR count). The molecule has 0 aromatic heterocycles. The Hall–Kier alpha value is -3.02. The molecule has 32 heavy (non-hydrogen) atoms. The average Bonchev–Trinajstić information content (AvgIpc) is 2.80. The van der Waals surface area contributed by atoms with E-state index >= 15 is 0 Å². The number of amides is 1. The third-order valence-corrected chi connectivity index (χ3v) is 5.91. The molecule has 0 aliphatic carbocycles. The molecule has 3 aromatic rings. The molecule has 1 unspecified atom stereocenters. The van der Waals surface area contributed by atoms with Gasteiger partial charge in [-0.1, -0.05) is 71.7 Å². The summed E-state index contributed by atoms with van der Waals surface area (Å²) in [5, 5.41) is 13.1. The summed E-state index contributed by atoms with van der Waals surface area (Å²) in [5.41, 5.74) is 2.52. The Morgan fingerprint density at radius 3 is 2.22 bits per heavy atom. The van der Waals surface area contributed by atoms with Crippen molar-refractivity contribution >= 4 is 35.1 Å². The number of ether oxygens (including phenoxy) is 1. The summed E-state index contributed by atoms with van der Waals surface area (Å²) < 4.78 is 5.13. The minimum absolute atomic E-state index is 0.0639. The predicted molar refractivity (Wildman–Crippen MR) is 126 cm³/mol. The molecular formula is C25H23Cl2NO4. The van der Waals surface area contributed by atoms with Crippen molar-refractivity contribution in [1.82, 2.24) is 5.32 Å². The lowest BCUT2D eigenvalue weighted by Crippen LogP contribution is -2.42. The second-order valence-electron chi connectivity index (χ2n) is 7.35. The summed E-state index contributed by atoms with van der Waals surface area (Å²) in [6.45, 7) is 0. The number of halogens is 2. The molecule has 0 fully saturated rings. The highest BCUT2D eigenvalue weighted by Crippen LogP contribution is 2.32. The van der Waals surface area contributed by atoms with Crippen molar-refractivity contribution in [3.8, 4) is 5.75 Å². The smallest absolute Gasteiger partial charge is 0.326 e. The van der Waals surface area contributed by atoms with Crippen LogP contribution >= 0.6 is 23.2 Å². The number of aliphatic carboxylic acids is 1. The predicted octanol–water partition coefficient (Wildman–Crippen LogP) is 5.34. The Bertz CT molecular complexity index is 1070. The Labute approximate surface area is 196 Å². The van der Waals surface area contributed by atoms with E-state index in [-0.39, 0.29) is 24.7 Å². The molecule has 1 amide bonds. The van der Waals surface area contributed by atoms with Gasteiger partial charge >= 0.3 is 5.97 Å². The third kappa shape index (κ3) is 6.25. The first-order valence-corrected chi connectivity index (χ1v) is 10.8. The molecule has 0 heterocycles. The Balaban J connectivity index is 1.78. The second-order valence-corrected chi connectivity index (χ2v) is 8.17. The maximum absolute atomic E-state index is 12.9. The monoisotopic (exact) mass is 471 g/mol. The van der Waals surface area contributed by atoms with Crippen molar-refractivity contribution in [2.75, 3.05) is 7.11 Å². The standard InChI is InChI=1S/C25H23Cl2NO4/c1-32-19-10-7-16(8-11-19)13-23(25(30)31)28-24(29)15-20(17-5-3-2-4-6-17)18-9-12-21(26)22(27)14-18/h2-12,14,20,23H,13,15H2,1H3,(H,28,29)(H,30,31)/t20?,23-/m0/s1. The topological polar surface area (TPSA) is 75.6 Å². The molecule has 3 aromatic carbocycles. The number of hydrogen-bond donors (Lipinski definition) is 2. The molecular weight excluding hydrogens is 449 g/mol. The Kier molecular flexibility index (Phi) is 8.14. The van der Waals surface area contributed by atoms with Gasteiger partial charge in [-0.3, -0.25) is 4.79 Å². The summed E-state index contributed by atoms with van der Waals surface area (Å²) in [5.74, 6) is -1.09. The first-order valence-electron chi connectivity index (χ1n) is 10.0. The number of carboxylic acids is 1. The summed E-state index contributed by atoms with van der Waals surface area (Å²) in [4.78, 5) is 24.7. The van der Waals surface area contributed by atoms with Crippen molar-refractivity contribution in [2.24, 2.45) is 0 Å². The number of rotatable bonds is 9. The van der Waals surface area contributed by atoms with Crippen molar-refractivity contribution in [3.05, 3.63) is 99.5 Å². The number of methoxy groups -OCH3 is 1. The van der Waals surface area contributed by atoms with Gasteiger partial charge in [0.05, 0.1) is 17.2 Å². The summed E-state index contributed by atoms with van der Waals surface area (Å²) in [6.07, 6.45) is 0.224. The van der Waals surface area contributed by atoms with Crippen molar-refractivity contribution in [3.63, 3.8) is 0 Å². The van der Waals surface area contributed by atoms with Crippen LogP contribution in [0.4, 0.5) is 0 Å². The average molecular weight is 472 g/mol. The first-order chi connectivity index (χ1) is 15.4. The molecule has 0 spiro atoms. The van der Waals surface area contributed by atoms with Gasteiger partial charge in [0.2, 0.25) is 5.91 Å². The SMILES string of the molecule is COc1ccc(C[C@H](NC(=O)CC(c2ccccc2)c2ccc(Cl)c(Cl)c2)C(=O)O)cc1.